The Morgan fingerprint density at radius 1 is 1.03 bits per heavy atom. The molecular formula is C29H30FN5O2. The number of carbonyl (C=O) groups is 1. The van der Waals surface area contributed by atoms with Gasteiger partial charge in [0.05, 0.1) is 6.04 Å². The van der Waals surface area contributed by atoms with Crippen LogP contribution >= 0.6 is 0 Å². The number of halogens is 1. The topological polar surface area (TPSA) is 84.2 Å². The third-order valence-electron chi connectivity index (χ3n) is 7.42. The van der Waals surface area contributed by atoms with Crippen LogP contribution in [0.4, 0.5) is 10.2 Å². The van der Waals surface area contributed by atoms with Gasteiger partial charge in [-0.15, -0.1) is 0 Å². The van der Waals surface area contributed by atoms with Gasteiger partial charge >= 0.3 is 0 Å². The highest BCUT2D eigenvalue weighted by atomic mass is 19.1. The lowest BCUT2D eigenvalue weighted by Gasteiger charge is -2.28. The third-order valence-corrected chi connectivity index (χ3v) is 7.42. The summed E-state index contributed by atoms with van der Waals surface area (Å²) in [5.74, 6) is 1.03. The van der Waals surface area contributed by atoms with Crippen LogP contribution in [0, 0.1) is 5.82 Å². The molecule has 1 aliphatic heterocycles. The van der Waals surface area contributed by atoms with Crippen molar-refractivity contribution in [1.82, 2.24) is 20.4 Å². The van der Waals surface area contributed by atoms with Gasteiger partial charge in [-0.1, -0.05) is 29.4 Å². The van der Waals surface area contributed by atoms with Gasteiger partial charge in [-0.3, -0.25) is 4.79 Å². The highest BCUT2D eigenvalue weighted by molar-refractivity contribution is 5.98. The maximum atomic E-state index is 13.5. The predicted octanol–water partition coefficient (Wildman–Crippen LogP) is 5.54. The molecule has 190 valence electrons. The van der Waals surface area contributed by atoms with Gasteiger partial charge in [0, 0.05) is 31.5 Å². The van der Waals surface area contributed by atoms with Crippen molar-refractivity contribution in [3.63, 3.8) is 0 Å². The Morgan fingerprint density at radius 3 is 2.68 bits per heavy atom. The lowest BCUT2D eigenvalue weighted by atomic mass is 9.87. The number of nitrogens with zero attached hydrogens (tertiary/aromatic N) is 4. The molecule has 0 radical (unpaired) electrons. The lowest BCUT2D eigenvalue weighted by molar-refractivity contribution is -0.121. The van der Waals surface area contributed by atoms with E-state index in [-0.39, 0.29) is 17.8 Å². The fourth-order valence-electron chi connectivity index (χ4n) is 5.53. The van der Waals surface area contributed by atoms with Gasteiger partial charge in [0.25, 0.3) is 5.71 Å². The number of nitrogens with one attached hydrogen (secondary N) is 1. The van der Waals surface area contributed by atoms with Gasteiger partial charge in [-0.2, -0.15) is 4.98 Å². The number of anilines is 1. The Morgan fingerprint density at radius 2 is 1.84 bits per heavy atom. The summed E-state index contributed by atoms with van der Waals surface area (Å²) in [6, 6.07) is 14.6. The van der Waals surface area contributed by atoms with Crippen molar-refractivity contribution < 1.29 is 13.7 Å². The van der Waals surface area contributed by atoms with Crippen LogP contribution < -0.4 is 10.2 Å². The second kappa shape index (κ2) is 10.3. The van der Waals surface area contributed by atoms with Crippen molar-refractivity contribution in [1.29, 1.82) is 0 Å². The van der Waals surface area contributed by atoms with Crippen LogP contribution in [0.3, 0.4) is 0 Å². The molecule has 0 saturated carbocycles. The monoisotopic (exact) mass is 499 g/mol. The van der Waals surface area contributed by atoms with Gasteiger partial charge in [-0.25, -0.2) is 9.37 Å². The van der Waals surface area contributed by atoms with Gasteiger partial charge in [0.2, 0.25) is 5.91 Å². The van der Waals surface area contributed by atoms with E-state index in [2.05, 4.69) is 38.6 Å². The molecule has 1 aliphatic carbocycles. The SMILES string of the molecule is O=C(CCc1nc(N2CCCCC2)c2c(-c3ccc(F)cc3)noc2n1)N[C@H]1CCCc2ccccc21. The molecule has 1 saturated heterocycles. The first-order chi connectivity index (χ1) is 18.2. The van der Waals surface area contributed by atoms with Crippen molar-refractivity contribution in [3.8, 4) is 11.3 Å². The molecule has 2 aromatic heterocycles. The van der Waals surface area contributed by atoms with Crippen LogP contribution in [0.1, 0.15) is 61.5 Å². The summed E-state index contributed by atoms with van der Waals surface area (Å²) in [5, 5.41) is 8.24. The maximum Gasteiger partial charge on any atom is 0.263 e. The average Bonchev–Trinajstić information content (AvgIpc) is 3.37. The molecule has 1 amide bonds. The van der Waals surface area contributed by atoms with Gasteiger partial charge in [0.1, 0.15) is 28.5 Å². The second-order valence-corrected chi connectivity index (χ2v) is 9.94. The van der Waals surface area contributed by atoms with Crippen molar-refractivity contribution in [2.24, 2.45) is 0 Å². The molecule has 6 rings (SSSR count). The van der Waals surface area contributed by atoms with Gasteiger partial charge in [-0.05, 0) is 73.9 Å². The second-order valence-electron chi connectivity index (χ2n) is 9.94. The zero-order valence-electron chi connectivity index (χ0n) is 20.8. The minimum Gasteiger partial charge on any atom is -0.356 e. The van der Waals surface area contributed by atoms with E-state index in [1.807, 2.05) is 6.07 Å². The molecule has 1 atom stereocenters. The van der Waals surface area contributed by atoms with Crippen LogP contribution in [0.2, 0.25) is 0 Å². The van der Waals surface area contributed by atoms with E-state index in [9.17, 15) is 9.18 Å². The molecule has 2 aromatic carbocycles. The van der Waals surface area contributed by atoms with E-state index in [4.69, 9.17) is 9.51 Å². The van der Waals surface area contributed by atoms with E-state index in [1.54, 1.807) is 12.1 Å². The van der Waals surface area contributed by atoms with Crippen molar-refractivity contribution in [2.75, 3.05) is 18.0 Å². The van der Waals surface area contributed by atoms with Crippen molar-refractivity contribution >= 4 is 22.8 Å². The summed E-state index contributed by atoms with van der Waals surface area (Å²) in [7, 11) is 0. The molecular weight excluding hydrogens is 469 g/mol. The first-order valence-electron chi connectivity index (χ1n) is 13.2. The molecule has 0 spiro atoms. The van der Waals surface area contributed by atoms with E-state index in [0.717, 1.165) is 62.0 Å². The fraction of sp³-hybridized carbons (Fsp3) is 0.379. The van der Waals surface area contributed by atoms with E-state index in [0.29, 0.717) is 30.1 Å². The van der Waals surface area contributed by atoms with Crippen LogP contribution in [0.25, 0.3) is 22.4 Å². The third kappa shape index (κ3) is 4.92. The molecule has 1 N–H and O–H groups in total. The number of fused-ring (bicyclic) bond motifs is 2. The van der Waals surface area contributed by atoms with Crippen LogP contribution in [0.5, 0.6) is 0 Å². The molecule has 8 heteroatoms. The first kappa shape index (κ1) is 23.6. The first-order valence-corrected chi connectivity index (χ1v) is 13.2. The Kier molecular flexibility index (Phi) is 6.55. The Labute approximate surface area is 215 Å². The van der Waals surface area contributed by atoms with Crippen molar-refractivity contribution in [3.05, 3.63) is 71.3 Å². The number of rotatable bonds is 6. The minimum absolute atomic E-state index is 0.00510. The Balaban J connectivity index is 1.25. The fourth-order valence-corrected chi connectivity index (χ4v) is 5.53. The number of carbonyl (C=O) groups excluding carboxylic acids is 1. The molecule has 0 unspecified atom stereocenters. The van der Waals surface area contributed by atoms with Gasteiger partial charge in [0.15, 0.2) is 0 Å². The van der Waals surface area contributed by atoms with Crippen LogP contribution in [-0.2, 0) is 17.6 Å². The van der Waals surface area contributed by atoms with Gasteiger partial charge < -0.3 is 14.7 Å². The number of piperidine rings is 1. The van der Waals surface area contributed by atoms with E-state index < -0.39 is 0 Å². The van der Waals surface area contributed by atoms with E-state index in [1.165, 1.54) is 29.7 Å². The highest BCUT2D eigenvalue weighted by Crippen LogP contribution is 2.35. The van der Waals surface area contributed by atoms with Crippen molar-refractivity contribution in [2.45, 2.75) is 57.4 Å². The highest BCUT2D eigenvalue weighted by Gasteiger charge is 2.25. The van der Waals surface area contributed by atoms with Crippen LogP contribution in [0.15, 0.2) is 53.1 Å². The summed E-state index contributed by atoms with van der Waals surface area (Å²) < 4.78 is 19.2. The number of amides is 1. The summed E-state index contributed by atoms with van der Waals surface area (Å²) in [4.78, 5) is 24.7. The summed E-state index contributed by atoms with van der Waals surface area (Å²) >= 11 is 0. The minimum atomic E-state index is -0.304. The van der Waals surface area contributed by atoms with E-state index >= 15 is 0 Å². The Hall–Kier alpha value is -3.81. The number of aromatic nitrogens is 3. The number of aryl methyl sites for hydroxylation is 2. The summed E-state index contributed by atoms with van der Waals surface area (Å²) in [5.41, 5.74) is 4.30. The Bertz CT molecular complexity index is 1410. The molecule has 2 aliphatic rings. The number of benzene rings is 2. The van der Waals surface area contributed by atoms with Crippen LogP contribution in [-0.4, -0.2) is 34.1 Å². The average molecular weight is 500 g/mol. The summed E-state index contributed by atoms with van der Waals surface area (Å²) in [6.45, 7) is 1.78. The number of hydrogen-bond donors (Lipinski definition) is 1. The standard InChI is InChI=1S/C29H30FN5O2/c30-21-13-11-20(12-14-21)27-26-28(35-17-4-1-5-18-35)32-24(33-29(26)37-34-27)15-16-25(36)31-23-10-6-8-19-7-2-3-9-22(19)23/h2-3,7,9,11-14,23H,1,4-6,8,10,15-18H2,(H,31,36)/t23-/m0/s1. The molecule has 4 aromatic rings. The lowest BCUT2D eigenvalue weighted by Crippen LogP contribution is -2.31. The smallest absolute Gasteiger partial charge is 0.263 e. The number of hydrogen-bond acceptors (Lipinski definition) is 6. The molecule has 1 fully saturated rings. The zero-order valence-corrected chi connectivity index (χ0v) is 20.8. The maximum absolute atomic E-state index is 13.5. The zero-order chi connectivity index (χ0) is 25.2. The normalized spacial score (nSPS) is 17.5. The molecule has 37 heavy (non-hydrogen) atoms. The molecule has 3 heterocycles. The largest absolute Gasteiger partial charge is 0.356 e. The molecule has 7 nitrogen and oxygen atoms in total. The molecule has 0 bridgehead atoms. The quantitative estimate of drug-likeness (QED) is 0.375. The predicted molar refractivity (Wildman–Crippen MR) is 140 cm³/mol. The summed E-state index contributed by atoms with van der Waals surface area (Å²) in [6.07, 6.45) is 7.15.